The molecule has 0 aromatic carbocycles. The van der Waals surface area contributed by atoms with Crippen LogP contribution in [0.3, 0.4) is 0 Å². The van der Waals surface area contributed by atoms with Gasteiger partial charge in [-0.25, -0.2) is 14.3 Å². The van der Waals surface area contributed by atoms with Gasteiger partial charge >= 0.3 is 5.97 Å². The minimum absolute atomic E-state index is 0.376. The van der Waals surface area contributed by atoms with E-state index in [9.17, 15) is 4.79 Å². The molecule has 2 aromatic heterocycles. The van der Waals surface area contributed by atoms with Gasteiger partial charge in [0.05, 0.1) is 13.3 Å². The fraction of sp³-hybridized carbons (Fsp3) is 0.100. The molecule has 2 aromatic rings. The lowest BCUT2D eigenvalue weighted by atomic mass is 10.3. The molecule has 6 heteroatoms. The molecule has 0 aliphatic heterocycles. The first kappa shape index (κ1) is 10.6. The van der Waals surface area contributed by atoms with E-state index in [0.717, 1.165) is 0 Å². The van der Waals surface area contributed by atoms with Crippen LogP contribution in [0.1, 0.15) is 5.56 Å². The smallest absolute Gasteiger partial charge is 0.330 e. The highest BCUT2D eigenvalue weighted by atomic mass is 35.5. The van der Waals surface area contributed by atoms with Crippen LogP contribution >= 0.6 is 11.6 Å². The molecule has 16 heavy (non-hydrogen) atoms. The van der Waals surface area contributed by atoms with Gasteiger partial charge in [-0.05, 0) is 12.1 Å². The molecule has 0 spiro atoms. The number of aromatic nitrogens is 3. The Labute approximate surface area is 96.3 Å². The molecule has 0 N–H and O–H groups in total. The highest BCUT2D eigenvalue weighted by Gasteiger charge is 2.03. The third-order valence-electron chi connectivity index (χ3n) is 1.96. The topological polar surface area (TPSA) is 56.5 Å². The van der Waals surface area contributed by atoms with Crippen LogP contribution < -0.4 is 0 Å². The minimum Gasteiger partial charge on any atom is -0.466 e. The lowest BCUT2D eigenvalue weighted by Gasteiger charge is -1.93. The molecule has 0 amide bonds. The normalized spacial score (nSPS) is 11.1. The Balaban J connectivity index is 2.41. The van der Waals surface area contributed by atoms with Crippen LogP contribution in [0.25, 0.3) is 11.7 Å². The van der Waals surface area contributed by atoms with Gasteiger partial charge in [-0.3, -0.25) is 0 Å². The summed E-state index contributed by atoms with van der Waals surface area (Å²) in [5, 5.41) is 4.43. The summed E-state index contributed by atoms with van der Waals surface area (Å²) < 4.78 is 6.06. The first-order chi connectivity index (χ1) is 7.70. The largest absolute Gasteiger partial charge is 0.466 e. The van der Waals surface area contributed by atoms with Gasteiger partial charge < -0.3 is 4.74 Å². The Hall–Kier alpha value is -1.88. The number of carbonyl (C=O) groups is 1. The van der Waals surface area contributed by atoms with Crippen molar-refractivity contribution in [3.8, 4) is 0 Å². The summed E-state index contributed by atoms with van der Waals surface area (Å²) in [6.07, 6.45) is 6.18. The molecule has 2 rings (SSSR count). The molecule has 0 bridgehead atoms. The van der Waals surface area contributed by atoms with Crippen molar-refractivity contribution >= 4 is 29.3 Å². The molecule has 0 saturated carbocycles. The zero-order valence-electron chi connectivity index (χ0n) is 8.42. The van der Waals surface area contributed by atoms with E-state index in [1.54, 1.807) is 29.1 Å². The predicted octanol–water partition coefficient (Wildman–Crippen LogP) is 1.57. The van der Waals surface area contributed by atoms with Crippen LogP contribution in [-0.4, -0.2) is 27.7 Å². The molecule has 0 unspecified atom stereocenters. The number of rotatable bonds is 2. The van der Waals surface area contributed by atoms with E-state index in [2.05, 4.69) is 14.8 Å². The second kappa shape index (κ2) is 4.32. The first-order valence-corrected chi connectivity index (χ1v) is 4.84. The van der Waals surface area contributed by atoms with Crippen molar-refractivity contribution in [1.29, 1.82) is 0 Å². The number of esters is 1. The van der Waals surface area contributed by atoms with Gasteiger partial charge in [-0.2, -0.15) is 5.10 Å². The van der Waals surface area contributed by atoms with Crippen LogP contribution in [0, 0.1) is 0 Å². The summed E-state index contributed by atoms with van der Waals surface area (Å²) in [6, 6.07) is 1.63. The summed E-state index contributed by atoms with van der Waals surface area (Å²) in [6.45, 7) is 0. The van der Waals surface area contributed by atoms with Gasteiger partial charge in [0, 0.05) is 17.8 Å². The van der Waals surface area contributed by atoms with Gasteiger partial charge in [-0.15, -0.1) is 0 Å². The Kier molecular flexibility index (Phi) is 2.87. The van der Waals surface area contributed by atoms with Crippen molar-refractivity contribution in [1.82, 2.24) is 14.6 Å². The summed E-state index contributed by atoms with van der Waals surface area (Å²) in [5.41, 5.74) is 1.29. The van der Waals surface area contributed by atoms with Crippen LogP contribution in [-0.2, 0) is 9.53 Å². The second-order valence-corrected chi connectivity index (χ2v) is 3.36. The number of methoxy groups -OCH3 is 1. The Bertz CT molecular complexity index is 562. The highest BCUT2D eigenvalue weighted by molar-refractivity contribution is 6.29. The van der Waals surface area contributed by atoms with Crippen LogP contribution in [0.4, 0.5) is 0 Å². The number of ether oxygens (including phenoxy) is 1. The van der Waals surface area contributed by atoms with Gasteiger partial charge in [0.1, 0.15) is 5.15 Å². The third-order valence-corrected chi connectivity index (χ3v) is 2.17. The van der Waals surface area contributed by atoms with Gasteiger partial charge in [0.15, 0.2) is 5.65 Å². The van der Waals surface area contributed by atoms with E-state index in [-0.39, 0.29) is 0 Å². The molecule has 2 heterocycles. The summed E-state index contributed by atoms with van der Waals surface area (Å²) in [4.78, 5) is 15.0. The summed E-state index contributed by atoms with van der Waals surface area (Å²) >= 11 is 5.77. The molecule has 0 fully saturated rings. The second-order valence-electron chi connectivity index (χ2n) is 2.97. The average Bonchev–Trinajstić information content (AvgIpc) is 2.68. The van der Waals surface area contributed by atoms with Crippen molar-refractivity contribution in [2.45, 2.75) is 0 Å². The molecule has 82 valence electrons. The predicted molar refractivity (Wildman–Crippen MR) is 59.0 cm³/mol. The number of hydrogen-bond acceptors (Lipinski definition) is 4. The molecular formula is C10H8ClN3O2. The zero-order chi connectivity index (χ0) is 11.5. The van der Waals surface area contributed by atoms with Crippen molar-refractivity contribution < 1.29 is 9.53 Å². The van der Waals surface area contributed by atoms with E-state index in [1.807, 2.05) is 0 Å². The van der Waals surface area contributed by atoms with Crippen molar-refractivity contribution in [2.75, 3.05) is 7.11 Å². The van der Waals surface area contributed by atoms with Crippen LogP contribution in [0.5, 0.6) is 0 Å². The maximum Gasteiger partial charge on any atom is 0.330 e. The standard InChI is InChI=1S/C10H8ClN3O2/c1-16-9(15)3-2-7-6-12-14-5-4-8(11)13-10(7)14/h2-6H,1H3. The molecule has 5 nitrogen and oxygen atoms in total. The molecule has 0 aliphatic carbocycles. The summed E-state index contributed by atoms with van der Waals surface area (Å²) in [7, 11) is 1.32. The fourth-order valence-electron chi connectivity index (χ4n) is 1.21. The zero-order valence-corrected chi connectivity index (χ0v) is 9.18. The first-order valence-electron chi connectivity index (χ1n) is 4.46. The van der Waals surface area contributed by atoms with Gasteiger partial charge in [0.25, 0.3) is 0 Å². The van der Waals surface area contributed by atoms with Gasteiger partial charge in [0.2, 0.25) is 0 Å². The molecule has 0 aliphatic rings. The minimum atomic E-state index is -0.429. The Morgan fingerprint density at radius 2 is 2.44 bits per heavy atom. The van der Waals surface area contributed by atoms with E-state index < -0.39 is 5.97 Å². The van der Waals surface area contributed by atoms with Crippen molar-refractivity contribution in [3.05, 3.63) is 35.3 Å². The average molecular weight is 238 g/mol. The van der Waals surface area contributed by atoms with E-state index in [1.165, 1.54) is 13.2 Å². The van der Waals surface area contributed by atoms with Crippen molar-refractivity contribution in [2.24, 2.45) is 0 Å². The monoisotopic (exact) mass is 237 g/mol. The number of carbonyl (C=O) groups excluding carboxylic acids is 1. The van der Waals surface area contributed by atoms with Crippen LogP contribution in [0.15, 0.2) is 24.5 Å². The highest BCUT2D eigenvalue weighted by Crippen LogP contribution is 2.12. The number of hydrogen-bond donors (Lipinski definition) is 0. The maximum absolute atomic E-state index is 10.9. The SMILES string of the molecule is COC(=O)C=Cc1cnn2ccc(Cl)nc12. The fourth-order valence-corrected chi connectivity index (χ4v) is 1.34. The number of halogens is 1. The quantitative estimate of drug-likeness (QED) is 0.452. The van der Waals surface area contributed by atoms with E-state index in [4.69, 9.17) is 11.6 Å². The molecular weight excluding hydrogens is 230 g/mol. The van der Waals surface area contributed by atoms with Crippen LogP contribution in [0.2, 0.25) is 5.15 Å². The van der Waals surface area contributed by atoms with Crippen molar-refractivity contribution in [3.63, 3.8) is 0 Å². The van der Waals surface area contributed by atoms with E-state index in [0.29, 0.717) is 16.4 Å². The molecule has 0 radical (unpaired) electrons. The lowest BCUT2D eigenvalue weighted by Crippen LogP contribution is -1.93. The van der Waals surface area contributed by atoms with E-state index >= 15 is 0 Å². The van der Waals surface area contributed by atoms with Gasteiger partial charge in [-0.1, -0.05) is 11.6 Å². The number of fused-ring (bicyclic) bond motifs is 1. The molecule has 0 saturated heterocycles. The maximum atomic E-state index is 10.9. The molecule has 0 atom stereocenters. The lowest BCUT2D eigenvalue weighted by molar-refractivity contribution is -0.134. The Morgan fingerprint density at radius 1 is 1.62 bits per heavy atom. The summed E-state index contributed by atoms with van der Waals surface area (Å²) in [5.74, 6) is -0.429. The third kappa shape index (κ3) is 2.04. The Morgan fingerprint density at radius 3 is 3.19 bits per heavy atom. The number of nitrogens with zero attached hydrogens (tertiary/aromatic N) is 3.